The van der Waals surface area contributed by atoms with Gasteiger partial charge in [0.25, 0.3) is 5.91 Å². The molecule has 1 amide bonds. The average molecular weight is 608 g/mol. The number of amides is 1. The molecule has 0 saturated carbocycles. The minimum absolute atomic E-state index is 0.0736. The molecule has 0 radical (unpaired) electrons. The van der Waals surface area contributed by atoms with Gasteiger partial charge in [0.05, 0.1) is 36.5 Å². The number of aromatic nitrogens is 2. The number of rotatable bonds is 7. The number of piperazine rings is 1. The maximum Gasteiger partial charge on any atom is 0.318 e. The Kier molecular flexibility index (Phi) is 8.75. The fraction of sp³-hybridized carbons (Fsp3) is 0.548. The zero-order chi connectivity index (χ0) is 30.1. The Morgan fingerprint density at radius 3 is 2.81 bits per heavy atom. The topological polar surface area (TPSA) is 112 Å². The first-order valence-electron chi connectivity index (χ1n) is 15.1. The highest BCUT2D eigenvalue weighted by Crippen LogP contribution is 2.38. The molecule has 12 heteroatoms. The SMILES string of the molecule is C=C(F)C(=O)N1CCN(c2nc(OC[C@@H]3CCCN3C)nc3c2CCN(c2cccc4c2[S+]([O-])CCC4)C3)C[C@@H]1CC#N. The lowest BCUT2D eigenvalue weighted by molar-refractivity contribution is -0.131. The van der Waals surface area contributed by atoms with Crippen LogP contribution in [-0.4, -0.2) is 94.4 Å². The highest BCUT2D eigenvalue weighted by molar-refractivity contribution is 7.91. The number of fused-ring (bicyclic) bond motifs is 2. The Morgan fingerprint density at radius 2 is 2.05 bits per heavy atom. The summed E-state index contributed by atoms with van der Waals surface area (Å²) in [5.74, 6) is -0.365. The number of likely N-dealkylation sites (N-methyl/N-ethyl adjacent to an activating group) is 1. The van der Waals surface area contributed by atoms with Crippen LogP contribution >= 0.6 is 0 Å². The van der Waals surface area contributed by atoms with Gasteiger partial charge in [0.2, 0.25) is 0 Å². The van der Waals surface area contributed by atoms with Crippen LogP contribution < -0.4 is 14.5 Å². The number of ether oxygens (including phenoxy) is 1. The lowest BCUT2D eigenvalue weighted by Crippen LogP contribution is -2.55. The van der Waals surface area contributed by atoms with E-state index in [0.29, 0.717) is 57.0 Å². The molecule has 2 aromatic rings. The van der Waals surface area contributed by atoms with Gasteiger partial charge < -0.3 is 28.9 Å². The fourth-order valence-corrected chi connectivity index (χ4v) is 8.31. The van der Waals surface area contributed by atoms with Gasteiger partial charge in [0.1, 0.15) is 18.2 Å². The van der Waals surface area contributed by atoms with Crippen molar-refractivity contribution in [1.82, 2.24) is 19.8 Å². The zero-order valence-corrected chi connectivity index (χ0v) is 25.5. The van der Waals surface area contributed by atoms with E-state index in [9.17, 15) is 19.0 Å². The maximum absolute atomic E-state index is 13.8. The summed E-state index contributed by atoms with van der Waals surface area (Å²) in [7, 11) is 2.10. The molecule has 4 aliphatic heterocycles. The van der Waals surface area contributed by atoms with Gasteiger partial charge in [-0.25, -0.2) is 4.39 Å². The summed E-state index contributed by atoms with van der Waals surface area (Å²) in [4.78, 5) is 31.3. The van der Waals surface area contributed by atoms with Crippen molar-refractivity contribution in [1.29, 1.82) is 5.26 Å². The first kappa shape index (κ1) is 29.7. The van der Waals surface area contributed by atoms with Crippen molar-refractivity contribution < 1.29 is 18.5 Å². The first-order chi connectivity index (χ1) is 20.8. The Bertz CT molecular complexity index is 1430. The summed E-state index contributed by atoms with van der Waals surface area (Å²) in [6.07, 6.45) is 4.81. The molecule has 0 aliphatic carbocycles. The minimum Gasteiger partial charge on any atom is -0.611 e. The van der Waals surface area contributed by atoms with Crippen molar-refractivity contribution in [2.45, 2.75) is 62.0 Å². The van der Waals surface area contributed by atoms with E-state index >= 15 is 0 Å². The van der Waals surface area contributed by atoms with Gasteiger partial charge in [-0.3, -0.25) is 4.79 Å². The lowest BCUT2D eigenvalue weighted by Gasteiger charge is -2.42. The van der Waals surface area contributed by atoms with E-state index in [1.165, 1.54) is 4.90 Å². The number of likely N-dealkylation sites (tertiary alicyclic amines) is 1. The standard InChI is InChI=1S/C31H38FN7O3S/c1-21(32)30(40)39-16-15-38(18-23(39)10-12-33)29-25-11-14-37(27-9-3-6-22-7-5-17-43(41)28(22)27)19-26(25)34-31(35-29)42-20-24-8-4-13-36(24)2/h3,6,9,23-24H,1,4-5,7-8,10-11,13-20H2,2H3/t23-,24-,43?/m0/s1. The second-order valence-corrected chi connectivity index (χ2v) is 13.3. The van der Waals surface area contributed by atoms with E-state index in [2.05, 4.69) is 46.5 Å². The van der Waals surface area contributed by atoms with Crippen molar-refractivity contribution in [3.05, 3.63) is 47.4 Å². The van der Waals surface area contributed by atoms with Gasteiger partial charge in [0, 0.05) is 43.3 Å². The lowest BCUT2D eigenvalue weighted by atomic mass is 10.0. The van der Waals surface area contributed by atoms with Crippen LogP contribution in [0.5, 0.6) is 6.01 Å². The van der Waals surface area contributed by atoms with Gasteiger partial charge >= 0.3 is 6.01 Å². The third-order valence-corrected chi connectivity index (χ3v) is 10.7. The molecule has 2 fully saturated rings. The third kappa shape index (κ3) is 6.03. The summed E-state index contributed by atoms with van der Waals surface area (Å²) in [6, 6.07) is 8.45. The molecule has 5 heterocycles. The molecular formula is C31H38FN7O3S. The van der Waals surface area contributed by atoms with Crippen LogP contribution in [0.15, 0.2) is 35.5 Å². The number of hydrogen-bond donors (Lipinski definition) is 0. The van der Waals surface area contributed by atoms with Gasteiger partial charge in [-0.15, -0.1) is 0 Å². The van der Waals surface area contributed by atoms with Crippen LogP contribution in [0.25, 0.3) is 0 Å². The molecular weight excluding hydrogens is 569 g/mol. The predicted molar refractivity (Wildman–Crippen MR) is 162 cm³/mol. The highest BCUT2D eigenvalue weighted by Gasteiger charge is 2.36. The van der Waals surface area contributed by atoms with E-state index < -0.39 is 29.0 Å². The van der Waals surface area contributed by atoms with Crippen LogP contribution in [0.4, 0.5) is 15.9 Å². The highest BCUT2D eigenvalue weighted by atomic mass is 32.2. The van der Waals surface area contributed by atoms with Crippen LogP contribution in [0.2, 0.25) is 0 Å². The van der Waals surface area contributed by atoms with Crippen LogP contribution in [-0.2, 0) is 35.4 Å². The summed E-state index contributed by atoms with van der Waals surface area (Å²) >= 11 is -1.03. The summed E-state index contributed by atoms with van der Waals surface area (Å²) < 4.78 is 33.1. The Balaban J connectivity index is 1.32. The summed E-state index contributed by atoms with van der Waals surface area (Å²) in [5, 5.41) is 9.49. The number of anilines is 2. The first-order valence-corrected chi connectivity index (χ1v) is 16.4. The molecule has 1 unspecified atom stereocenters. The van der Waals surface area contributed by atoms with Crippen LogP contribution in [0.3, 0.4) is 0 Å². The predicted octanol–water partition coefficient (Wildman–Crippen LogP) is 2.98. The summed E-state index contributed by atoms with van der Waals surface area (Å²) in [5.41, 5.74) is 4.03. The van der Waals surface area contributed by atoms with Crippen molar-refractivity contribution in [2.24, 2.45) is 0 Å². The second kappa shape index (κ2) is 12.7. The number of halogens is 1. The van der Waals surface area contributed by atoms with Gasteiger partial charge in [0.15, 0.2) is 10.7 Å². The van der Waals surface area contributed by atoms with Gasteiger partial charge in [-0.05, 0) is 62.9 Å². The average Bonchev–Trinajstić information content (AvgIpc) is 3.43. The van der Waals surface area contributed by atoms with E-state index in [1.54, 1.807) is 0 Å². The fourth-order valence-electron chi connectivity index (χ4n) is 6.81. The second-order valence-electron chi connectivity index (χ2n) is 11.8. The number of nitriles is 1. The molecule has 0 bridgehead atoms. The molecule has 0 N–H and O–H groups in total. The minimum atomic E-state index is -1.03. The molecule has 43 heavy (non-hydrogen) atoms. The van der Waals surface area contributed by atoms with Crippen molar-refractivity contribution in [3.8, 4) is 12.1 Å². The van der Waals surface area contributed by atoms with E-state index in [1.807, 2.05) is 6.07 Å². The molecule has 0 spiro atoms. The quantitative estimate of drug-likeness (QED) is 0.346. The van der Waals surface area contributed by atoms with E-state index in [-0.39, 0.29) is 13.0 Å². The molecule has 1 aromatic carbocycles. The molecule has 6 rings (SSSR count). The smallest absolute Gasteiger partial charge is 0.318 e. The zero-order valence-electron chi connectivity index (χ0n) is 24.6. The Labute approximate surface area is 255 Å². The number of carbonyl (C=O) groups excluding carboxylic acids is 1. The monoisotopic (exact) mass is 607 g/mol. The summed E-state index contributed by atoms with van der Waals surface area (Å²) in [6.45, 7) is 6.97. The van der Waals surface area contributed by atoms with Crippen molar-refractivity contribution in [3.63, 3.8) is 0 Å². The number of hydrogen-bond acceptors (Lipinski definition) is 9. The van der Waals surface area contributed by atoms with Crippen LogP contribution in [0, 0.1) is 11.3 Å². The van der Waals surface area contributed by atoms with Crippen molar-refractivity contribution in [2.75, 3.05) is 61.9 Å². The molecule has 1 aromatic heterocycles. The number of nitrogens with zero attached hydrogens (tertiary/aromatic N) is 7. The number of aryl methyl sites for hydroxylation is 1. The Morgan fingerprint density at radius 1 is 1.19 bits per heavy atom. The maximum atomic E-state index is 13.8. The molecule has 228 valence electrons. The van der Waals surface area contributed by atoms with E-state index in [0.717, 1.165) is 65.4 Å². The normalized spacial score (nSPS) is 23.9. The molecule has 4 aliphatic rings. The Hall–Kier alpha value is -3.40. The largest absolute Gasteiger partial charge is 0.611 e. The van der Waals surface area contributed by atoms with Gasteiger partial charge in [-0.2, -0.15) is 15.2 Å². The van der Waals surface area contributed by atoms with Gasteiger partial charge in [-0.1, -0.05) is 18.7 Å². The molecule has 10 nitrogen and oxygen atoms in total. The molecule has 2 saturated heterocycles. The number of benzene rings is 1. The van der Waals surface area contributed by atoms with Crippen molar-refractivity contribution >= 4 is 28.6 Å². The van der Waals surface area contributed by atoms with Crippen LogP contribution in [0.1, 0.15) is 42.5 Å². The number of carbonyl (C=O) groups is 1. The van der Waals surface area contributed by atoms with E-state index in [4.69, 9.17) is 14.7 Å². The molecule has 3 atom stereocenters. The third-order valence-electron chi connectivity index (χ3n) is 9.12.